The van der Waals surface area contributed by atoms with E-state index < -0.39 is 97.5 Å². The number of nitrogens with one attached hydrogen (secondary N) is 3. The molecule has 0 radical (unpaired) electrons. The number of hydrogen-bond donors (Lipinski definition) is 6. The van der Waals surface area contributed by atoms with Crippen LogP contribution in [-0.4, -0.2) is 105 Å². The average Bonchev–Trinajstić information content (AvgIpc) is 3.41. The maximum absolute atomic E-state index is 14.1. The minimum Gasteiger partial charge on any atom is -0.481 e. The van der Waals surface area contributed by atoms with Gasteiger partial charge in [0.15, 0.2) is 0 Å². The van der Waals surface area contributed by atoms with Crippen LogP contribution >= 0.6 is 11.8 Å². The van der Waals surface area contributed by atoms with Crippen molar-refractivity contribution < 1.29 is 63.1 Å². The summed E-state index contributed by atoms with van der Waals surface area (Å²) in [6.45, 7) is 6.47. The van der Waals surface area contributed by atoms with E-state index in [1.54, 1.807) is 0 Å². The molecule has 0 rings (SSSR count). The van der Waals surface area contributed by atoms with Gasteiger partial charge in [-0.15, -0.1) is 0 Å². The van der Waals surface area contributed by atoms with E-state index in [1.807, 2.05) is 0 Å². The molecule has 0 spiro atoms. The molecule has 16 nitrogen and oxygen atoms in total. The number of thioether (sulfide) groups is 1. The van der Waals surface area contributed by atoms with E-state index in [0.29, 0.717) is 19.3 Å². The number of hydrogen-bond acceptors (Lipinski definition) is 11. The largest absolute Gasteiger partial charge is 0.481 e. The minimum absolute atomic E-state index is 0.0702. The number of rotatable bonds is 59. The van der Waals surface area contributed by atoms with Crippen molar-refractivity contribution in [3.8, 4) is 0 Å². The average molecular weight is 1140 g/mol. The van der Waals surface area contributed by atoms with E-state index in [9.17, 15) is 48.6 Å². The third kappa shape index (κ3) is 49.6. The van der Waals surface area contributed by atoms with E-state index in [0.717, 1.165) is 64.2 Å². The predicted molar refractivity (Wildman–Crippen MR) is 317 cm³/mol. The molecule has 0 saturated heterocycles. The predicted octanol–water partition coefficient (Wildman–Crippen LogP) is 14.1. The Balaban J connectivity index is 5.85. The zero-order valence-electron chi connectivity index (χ0n) is 49.9. The van der Waals surface area contributed by atoms with Gasteiger partial charge in [-0.05, 0) is 32.1 Å². The van der Waals surface area contributed by atoms with Crippen LogP contribution in [0, 0.1) is 0 Å². The number of carbonyl (C=O) groups excluding carboxylic acids is 5. The summed E-state index contributed by atoms with van der Waals surface area (Å²) < 4.78 is 11.6. The molecular formula is C62H113N3O13S. The second-order valence-electron chi connectivity index (χ2n) is 22.0. The highest BCUT2D eigenvalue weighted by Gasteiger charge is 2.31. The Morgan fingerprint density at radius 1 is 0.367 bits per heavy atom. The van der Waals surface area contributed by atoms with Gasteiger partial charge < -0.3 is 40.7 Å². The summed E-state index contributed by atoms with van der Waals surface area (Å²) in [5.74, 6) is -7.12. The molecule has 0 fully saturated rings. The summed E-state index contributed by atoms with van der Waals surface area (Å²) in [5.41, 5.74) is 0. The van der Waals surface area contributed by atoms with Crippen LogP contribution in [0.4, 0.5) is 0 Å². The van der Waals surface area contributed by atoms with Crippen molar-refractivity contribution in [3.05, 3.63) is 0 Å². The number of carboxylic acid groups (broad SMARTS) is 3. The molecule has 6 N–H and O–H groups in total. The van der Waals surface area contributed by atoms with Crippen molar-refractivity contribution in [2.45, 2.75) is 328 Å². The lowest BCUT2D eigenvalue weighted by atomic mass is 10.0. The fourth-order valence-electron chi connectivity index (χ4n) is 9.52. The molecule has 0 aromatic rings. The third-order valence-electron chi connectivity index (χ3n) is 14.5. The van der Waals surface area contributed by atoms with Crippen molar-refractivity contribution in [3.63, 3.8) is 0 Å². The normalized spacial score (nSPS) is 12.7. The summed E-state index contributed by atoms with van der Waals surface area (Å²) in [5, 5.41) is 35.8. The monoisotopic (exact) mass is 1140 g/mol. The highest BCUT2D eigenvalue weighted by Crippen LogP contribution is 2.18. The minimum atomic E-state index is -1.63. The van der Waals surface area contributed by atoms with Crippen LogP contribution in [0.25, 0.3) is 0 Å². The third-order valence-corrected chi connectivity index (χ3v) is 15.7. The smallest absolute Gasteiger partial charge is 0.326 e. The van der Waals surface area contributed by atoms with Crippen LogP contribution < -0.4 is 16.0 Å². The maximum atomic E-state index is 14.1. The van der Waals surface area contributed by atoms with Crippen molar-refractivity contribution >= 4 is 59.3 Å². The Morgan fingerprint density at radius 2 is 0.696 bits per heavy atom. The molecule has 0 saturated carbocycles. The number of unbranched alkanes of at least 4 members (excludes halogenated alkanes) is 34. The van der Waals surface area contributed by atoms with Gasteiger partial charge in [0.2, 0.25) is 17.7 Å². The highest BCUT2D eigenvalue weighted by atomic mass is 32.2. The Kier molecular flexibility index (Phi) is 52.0. The molecule has 79 heavy (non-hydrogen) atoms. The Bertz CT molecular complexity index is 1590. The zero-order chi connectivity index (χ0) is 58.4. The SMILES string of the molecule is CCCCCCCCCCCCCCCC(=O)OC[C@H](CSCC(NC(=O)CCCCCCCCCCCCC)C(=O)N[C@H](CCC(=O)O)C(=O)N[C@H](CCC(=O)O)C(=O)O)OC(=O)CCCCCCCCCCCCCCC. The van der Waals surface area contributed by atoms with Gasteiger partial charge in [0.1, 0.15) is 30.8 Å². The first-order valence-electron chi connectivity index (χ1n) is 31.7. The molecule has 0 aliphatic rings. The Morgan fingerprint density at radius 3 is 1.08 bits per heavy atom. The standard InChI is InChI=1S/C62H113N3O13S/c1-4-7-10-13-16-19-22-24-27-30-33-36-39-42-58(71)77-48-51(78-59(72)43-40-37-34-31-28-25-23-20-17-14-11-8-5-2)49-79-50-54(63-55(66)41-38-35-32-29-26-21-18-15-12-9-6-3)61(74)64-52(44-46-56(67)68)60(73)65-53(62(75)76)45-47-57(69)70/h51-54H,4-50H2,1-3H3,(H,63,66)(H,64,74)(H,65,73)(H,67,68)(H,69,70)(H,75,76)/t51-,52-,53-,54?/m1/s1. The van der Waals surface area contributed by atoms with E-state index in [-0.39, 0.29) is 37.4 Å². The summed E-state index contributed by atoms with van der Waals surface area (Å²) in [6.07, 6.45) is 40.2. The lowest BCUT2D eigenvalue weighted by Crippen LogP contribution is -2.56. The molecule has 0 aromatic heterocycles. The van der Waals surface area contributed by atoms with Crippen molar-refractivity contribution in [2.24, 2.45) is 0 Å². The van der Waals surface area contributed by atoms with Gasteiger partial charge in [-0.25, -0.2) is 4.79 Å². The topological polar surface area (TPSA) is 252 Å². The van der Waals surface area contributed by atoms with E-state index in [4.69, 9.17) is 14.6 Å². The lowest BCUT2D eigenvalue weighted by molar-refractivity contribution is -0.157. The molecule has 0 aromatic carbocycles. The summed E-state index contributed by atoms with van der Waals surface area (Å²) >= 11 is 1.17. The molecule has 17 heteroatoms. The van der Waals surface area contributed by atoms with Crippen molar-refractivity contribution in [1.29, 1.82) is 0 Å². The van der Waals surface area contributed by atoms with Crippen molar-refractivity contribution in [2.75, 3.05) is 18.1 Å². The van der Waals surface area contributed by atoms with Gasteiger partial charge in [0, 0.05) is 43.6 Å². The van der Waals surface area contributed by atoms with E-state index in [1.165, 1.54) is 166 Å². The zero-order valence-corrected chi connectivity index (χ0v) is 50.7. The molecule has 0 bridgehead atoms. The van der Waals surface area contributed by atoms with Crippen LogP contribution in [0.15, 0.2) is 0 Å². The van der Waals surface area contributed by atoms with Gasteiger partial charge in [-0.3, -0.25) is 33.6 Å². The van der Waals surface area contributed by atoms with E-state index in [2.05, 4.69) is 36.7 Å². The quantitative estimate of drug-likeness (QED) is 0.0245. The first-order chi connectivity index (χ1) is 38.2. The first-order valence-corrected chi connectivity index (χ1v) is 32.9. The Labute approximate surface area is 482 Å². The van der Waals surface area contributed by atoms with Crippen LogP contribution in [0.5, 0.6) is 0 Å². The number of carbonyl (C=O) groups is 8. The number of ether oxygens (including phenoxy) is 2. The van der Waals surface area contributed by atoms with Gasteiger partial charge >= 0.3 is 29.8 Å². The fraction of sp³-hybridized carbons (Fsp3) is 0.871. The van der Waals surface area contributed by atoms with Gasteiger partial charge in [0.25, 0.3) is 0 Å². The molecule has 0 aliphatic carbocycles. The second-order valence-corrected chi connectivity index (χ2v) is 23.1. The van der Waals surface area contributed by atoms with Crippen LogP contribution in [0.1, 0.15) is 303 Å². The van der Waals surface area contributed by atoms with Crippen LogP contribution in [0.3, 0.4) is 0 Å². The van der Waals surface area contributed by atoms with Gasteiger partial charge in [-0.2, -0.15) is 11.8 Å². The number of amides is 3. The maximum Gasteiger partial charge on any atom is 0.326 e. The molecule has 0 aliphatic heterocycles. The Hall–Kier alpha value is -3.89. The highest BCUT2D eigenvalue weighted by molar-refractivity contribution is 7.99. The fourth-order valence-corrected chi connectivity index (χ4v) is 10.5. The summed E-state index contributed by atoms with van der Waals surface area (Å²) in [7, 11) is 0. The number of carboxylic acids is 3. The van der Waals surface area contributed by atoms with Crippen molar-refractivity contribution in [1.82, 2.24) is 16.0 Å². The summed E-state index contributed by atoms with van der Waals surface area (Å²) in [4.78, 5) is 102. The van der Waals surface area contributed by atoms with E-state index >= 15 is 0 Å². The van der Waals surface area contributed by atoms with Crippen LogP contribution in [0.2, 0.25) is 0 Å². The first kappa shape index (κ1) is 75.1. The molecule has 1 unspecified atom stereocenters. The second kappa shape index (κ2) is 54.7. The molecule has 3 amide bonds. The molecular weight excluding hydrogens is 1030 g/mol. The van der Waals surface area contributed by atoms with Gasteiger partial charge in [0.05, 0.1) is 0 Å². The number of aliphatic carboxylic acids is 3. The van der Waals surface area contributed by atoms with Gasteiger partial charge in [-0.1, -0.05) is 239 Å². The molecule has 460 valence electrons. The molecule has 4 atom stereocenters. The summed E-state index contributed by atoms with van der Waals surface area (Å²) in [6, 6.07) is -4.43. The lowest BCUT2D eigenvalue weighted by Gasteiger charge is -2.25. The van der Waals surface area contributed by atoms with Crippen LogP contribution in [-0.2, 0) is 47.8 Å². The molecule has 0 heterocycles. The number of esters is 2.